The molecular weight excluding hydrogens is 278 g/mol. The molecule has 0 aliphatic carbocycles. The average Bonchev–Trinajstić information content (AvgIpc) is 2.43. The summed E-state index contributed by atoms with van der Waals surface area (Å²) in [4.78, 5) is 2.14. The highest BCUT2D eigenvalue weighted by Gasteiger charge is 2.41. The average molecular weight is 299 g/mol. The zero-order chi connectivity index (χ0) is 14.6. The Hall–Kier alpha value is -0.400. The molecule has 118 valence electrons. The van der Waals surface area contributed by atoms with Crippen molar-refractivity contribution in [2.75, 3.05) is 39.5 Å². The minimum atomic E-state index is -4.05. The third-order valence-corrected chi connectivity index (χ3v) is 3.97. The summed E-state index contributed by atoms with van der Waals surface area (Å²) < 4.78 is 59.5. The summed E-state index contributed by atoms with van der Waals surface area (Å²) in [5.41, 5.74) is 0. The Balaban J connectivity index is 1.63. The minimum absolute atomic E-state index is 0.0561. The van der Waals surface area contributed by atoms with Crippen LogP contribution in [-0.4, -0.2) is 62.8 Å². The van der Waals surface area contributed by atoms with E-state index in [9.17, 15) is 17.6 Å². The van der Waals surface area contributed by atoms with Gasteiger partial charge in [-0.25, -0.2) is 8.78 Å². The number of alkyl halides is 4. The van der Waals surface area contributed by atoms with E-state index in [4.69, 9.17) is 9.47 Å². The predicted molar refractivity (Wildman–Crippen MR) is 65.3 cm³/mol. The Morgan fingerprint density at radius 2 is 2.10 bits per heavy atom. The lowest BCUT2D eigenvalue weighted by Crippen LogP contribution is -2.47. The summed E-state index contributed by atoms with van der Waals surface area (Å²) in [7, 11) is 0. The summed E-state index contributed by atoms with van der Waals surface area (Å²) in [6, 6.07) is 0. The Bertz CT molecular complexity index is 304. The largest absolute Gasteiger partial charge is 0.378 e. The fourth-order valence-corrected chi connectivity index (χ4v) is 2.83. The molecule has 2 heterocycles. The molecule has 0 bridgehead atoms. The molecule has 0 aromatic carbocycles. The molecule has 2 aliphatic rings. The smallest absolute Gasteiger partial charge is 0.330 e. The molecule has 7 heteroatoms. The van der Waals surface area contributed by atoms with Gasteiger partial charge in [-0.05, 0) is 25.2 Å². The third-order valence-electron chi connectivity index (χ3n) is 3.97. The molecule has 3 nitrogen and oxygen atoms in total. The maximum Gasteiger partial charge on any atom is 0.330 e. The number of nitrogens with zero attached hydrogens (tertiary/aromatic N) is 1. The van der Waals surface area contributed by atoms with Gasteiger partial charge < -0.3 is 14.4 Å². The first-order valence-electron chi connectivity index (χ1n) is 7.07. The van der Waals surface area contributed by atoms with Gasteiger partial charge in [-0.2, -0.15) is 8.78 Å². The number of fused-ring (bicyclic) bond motifs is 1. The van der Waals surface area contributed by atoms with Gasteiger partial charge in [0.1, 0.15) is 6.61 Å². The molecule has 2 saturated heterocycles. The van der Waals surface area contributed by atoms with Gasteiger partial charge in [-0.3, -0.25) is 0 Å². The fourth-order valence-electron chi connectivity index (χ4n) is 2.83. The van der Waals surface area contributed by atoms with E-state index in [2.05, 4.69) is 4.90 Å². The van der Waals surface area contributed by atoms with Gasteiger partial charge in [0, 0.05) is 26.2 Å². The number of halogens is 4. The Morgan fingerprint density at radius 3 is 2.85 bits per heavy atom. The van der Waals surface area contributed by atoms with Crippen LogP contribution in [0.25, 0.3) is 0 Å². The molecule has 0 amide bonds. The van der Waals surface area contributed by atoms with Crippen LogP contribution < -0.4 is 0 Å². The molecule has 0 saturated carbocycles. The summed E-state index contributed by atoms with van der Waals surface area (Å²) in [6.45, 7) is 1.89. The highest BCUT2D eigenvalue weighted by Crippen LogP contribution is 2.28. The van der Waals surface area contributed by atoms with E-state index in [1.807, 2.05) is 0 Å². The summed E-state index contributed by atoms with van der Waals surface area (Å²) in [6.07, 6.45) is -0.211. The van der Waals surface area contributed by atoms with Crippen molar-refractivity contribution in [2.24, 2.45) is 5.92 Å². The molecule has 0 unspecified atom stereocenters. The van der Waals surface area contributed by atoms with Crippen LogP contribution in [0.1, 0.15) is 19.3 Å². The maximum atomic E-state index is 12.6. The van der Waals surface area contributed by atoms with Crippen molar-refractivity contribution in [3.8, 4) is 0 Å². The number of likely N-dealkylation sites (tertiary alicyclic amines) is 1. The molecule has 0 N–H and O–H groups in total. The monoisotopic (exact) mass is 299 g/mol. The standard InChI is InChI=1S/C13H21F4NO2/c14-12(15)13(16,17)9-19-7-5-18-4-3-11-10(8-18)2-1-6-20-11/h10-12H,1-9H2/t10-,11+/m0/s1. The van der Waals surface area contributed by atoms with Gasteiger partial charge in [0.05, 0.1) is 12.7 Å². The fraction of sp³-hybridized carbons (Fsp3) is 1.00. The zero-order valence-corrected chi connectivity index (χ0v) is 11.4. The third kappa shape index (κ3) is 4.30. The van der Waals surface area contributed by atoms with E-state index in [1.165, 1.54) is 0 Å². The lowest BCUT2D eigenvalue weighted by atomic mass is 9.88. The first-order valence-corrected chi connectivity index (χ1v) is 7.07. The second-order valence-electron chi connectivity index (χ2n) is 5.52. The zero-order valence-electron chi connectivity index (χ0n) is 11.4. The van der Waals surface area contributed by atoms with E-state index in [-0.39, 0.29) is 6.61 Å². The van der Waals surface area contributed by atoms with Gasteiger partial charge in [0.15, 0.2) is 0 Å². The van der Waals surface area contributed by atoms with Crippen molar-refractivity contribution in [3.05, 3.63) is 0 Å². The normalized spacial score (nSPS) is 28.6. The van der Waals surface area contributed by atoms with Crippen LogP contribution in [0.2, 0.25) is 0 Å². The van der Waals surface area contributed by atoms with Crippen LogP contribution in [0.15, 0.2) is 0 Å². The lowest BCUT2D eigenvalue weighted by Gasteiger charge is -2.41. The minimum Gasteiger partial charge on any atom is -0.378 e. The van der Waals surface area contributed by atoms with E-state index >= 15 is 0 Å². The molecule has 2 rings (SSSR count). The molecule has 0 spiro atoms. The number of rotatable bonds is 6. The molecule has 0 aromatic rings. The Kier molecular flexibility index (Phi) is 5.63. The van der Waals surface area contributed by atoms with Crippen molar-refractivity contribution in [2.45, 2.75) is 37.7 Å². The van der Waals surface area contributed by atoms with Gasteiger partial charge in [-0.1, -0.05) is 0 Å². The van der Waals surface area contributed by atoms with E-state index < -0.39 is 19.0 Å². The van der Waals surface area contributed by atoms with Gasteiger partial charge in [0.25, 0.3) is 0 Å². The summed E-state index contributed by atoms with van der Waals surface area (Å²) in [5, 5.41) is 0. The predicted octanol–water partition coefficient (Wildman–Crippen LogP) is 2.40. The van der Waals surface area contributed by atoms with E-state index in [0.29, 0.717) is 18.6 Å². The van der Waals surface area contributed by atoms with E-state index in [1.54, 1.807) is 0 Å². The molecular formula is C13H21F4NO2. The Morgan fingerprint density at radius 1 is 1.30 bits per heavy atom. The van der Waals surface area contributed by atoms with Crippen LogP contribution in [-0.2, 0) is 9.47 Å². The van der Waals surface area contributed by atoms with Crippen molar-refractivity contribution in [3.63, 3.8) is 0 Å². The van der Waals surface area contributed by atoms with Crippen LogP contribution >= 0.6 is 0 Å². The molecule has 2 aliphatic heterocycles. The first-order chi connectivity index (χ1) is 9.49. The second-order valence-corrected chi connectivity index (χ2v) is 5.52. The molecule has 2 atom stereocenters. The molecule has 20 heavy (non-hydrogen) atoms. The topological polar surface area (TPSA) is 21.7 Å². The number of piperidine rings is 1. The van der Waals surface area contributed by atoms with Gasteiger partial charge >= 0.3 is 12.3 Å². The highest BCUT2D eigenvalue weighted by atomic mass is 19.3. The lowest BCUT2D eigenvalue weighted by molar-refractivity contribution is -0.167. The number of ether oxygens (including phenoxy) is 2. The summed E-state index contributed by atoms with van der Waals surface area (Å²) >= 11 is 0. The number of hydrogen-bond donors (Lipinski definition) is 0. The maximum absolute atomic E-state index is 12.6. The number of hydrogen-bond acceptors (Lipinski definition) is 3. The second kappa shape index (κ2) is 7.04. The van der Waals surface area contributed by atoms with Crippen molar-refractivity contribution >= 4 is 0 Å². The van der Waals surface area contributed by atoms with E-state index in [0.717, 1.165) is 39.0 Å². The van der Waals surface area contributed by atoms with Crippen molar-refractivity contribution in [1.82, 2.24) is 4.90 Å². The van der Waals surface area contributed by atoms with Crippen molar-refractivity contribution in [1.29, 1.82) is 0 Å². The molecule has 2 fully saturated rings. The van der Waals surface area contributed by atoms with Crippen LogP contribution in [0, 0.1) is 5.92 Å². The van der Waals surface area contributed by atoms with Gasteiger partial charge in [-0.15, -0.1) is 0 Å². The molecule has 0 radical (unpaired) electrons. The van der Waals surface area contributed by atoms with Crippen LogP contribution in [0.3, 0.4) is 0 Å². The van der Waals surface area contributed by atoms with Crippen molar-refractivity contribution < 1.29 is 27.0 Å². The highest BCUT2D eigenvalue weighted by molar-refractivity contribution is 4.83. The van der Waals surface area contributed by atoms with Crippen LogP contribution in [0.4, 0.5) is 17.6 Å². The SMILES string of the molecule is FC(F)C(F)(F)COCCN1CC[C@H]2OCCC[C@H]2C1. The first kappa shape index (κ1) is 16.0. The van der Waals surface area contributed by atoms with Gasteiger partial charge in [0.2, 0.25) is 0 Å². The molecule has 0 aromatic heterocycles. The quantitative estimate of drug-likeness (QED) is 0.555. The van der Waals surface area contributed by atoms with Crippen LogP contribution in [0.5, 0.6) is 0 Å². The Labute approximate surface area is 116 Å². The summed E-state index contributed by atoms with van der Waals surface area (Å²) in [5.74, 6) is -3.55.